The Balaban J connectivity index is 1.93. The molecule has 0 spiro atoms. The lowest BCUT2D eigenvalue weighted by Gasteiger charge is -2.21. The molecule has 0 fully saturated rings. The van der Waals surface area contributed by atoms with Crippen LogP contribution in [0.1, 0.15) is 34.3 Å². The standard InChI is InChI=1S/C18H16O2/c19-17-10-9-14-13(6-2-7-15(14)17)16-8-1-4-12-5-3-11-20-18(12)16/h1-2,4,6-8H,3,5,9-11H2. The number of ketones is 1. The molecule has 2 aromatic rings. The molecule has 0 saturated carbocycles. The van der Waals surface area contributed by atoms with Crippen LogP contribution in [0, 0.1) is 0 Å². The third kappa shape index (κ3) is 1.68. The number of aryl methyl sites for hydroxylation is 1. The van der Waals surface area contributed by atoms with Gasteiger partial charge in [0, 0.05) is 17.5 Å². The van der Waals surface area contributed by atoms with Crippen LogP contribution in [-0.4, -0.2) is 12.4 Å². The van der Waals surface area contributed by atoms with Crippen LogP contribution in [0.4, 0.5) is 0 Å². The van der Waals surface area contributed by atoms with Crippen molar-refractivity contribution in [3.63, 3.8) is 0 Å². The fourth-order valence-corrected chi connectivity index (χ4v) is 3.34. The lowest BCUT2D eigenvalue weighted by molar-refractivity contribution is 0.0994. The molecule has 0 aromatic heterocycles. The number of ether oxygens (including phenoxy) is 1. The number of hydrogen-bond acceptors (Lipinski definition) is 2. The van der Waals surface area contributed by atoms with Gasteiger partial charge in [0.2, 0.25) is 0 Å². The highest BCUT2D eigenvalue weighted by Crippen LogP contribution is 2.40. The molecule has 20 heavy (non-hydrogen) atoms. The molecule has 1 aliphatic heterocycles. The fraction of sp³-hybridized carbons (Fsp3) is 0.278. The number of Topliss-reactive ketones (excluding diaryl/α,β-unsaturated/α-hetero) is 1. The number of benzene rings is 2. The van der Waals surface area contributed by atoms with E-state index in [-0.39, 0.29) is 5.78 Å². The van der Waals surface area contributed by atoms with Gasteiger partial charge in [0.15, 0.2) is 5.78 Å². The van der Waals surface area contributed by atoms with Gasteiger partial charge in [-0.25, -0.2) is 0 Å². The first-order valence-corrected chi connectivity index (χ1v) is 7.25. The van der Waals surface area contributed by atoms with Crippen LogP contribution in [0.3, 0.4) is 0 Å². The monoisotopic (exact) mass is 264 g/mol. The predicted octanol–water partition coefficient (Wildman–Crippen LogP) is 3.81. The van der Waals surface area contributed by atoms with Gasteiger partial charge in [-0.15, -0.1) is 0 Å². The second kappa shape index (κ2) is 4.48. The summed E-state index contributed by atoms with van der Waals surface area (Å²) in [7, 11) is 0. The van der Waals surface area contributed by atoms with Gasteiger partial charge in [-0.2, -0.15) is 0 Å². The third-order valence-corrected chi connectivity index (χ3v) is 4.30. The molecular weight excluding hydrogens is 248 g/mol. The second-order valence-electron chi connectivity index (χ2n) is 5.50. The summed E-state index contributed by atoms with van der Waals surface area (Å²) in [5.74, 6) is 1.29. The molecule has 1 heterocycles. The van der Waals surface area contributed by atoms with E-state index in [0.717, 1.165) is 42.7 Å². The van der Waals surface area contributed by atoms with Crippen LogP contribution in [0.2, 0.25) is 0 Å². The maximum Gasteiger partial charge on any atom is 0.163 e. The lowest BCUT2D eigenvalue weighted by Crippen LogP contribution is -2.09. The lowest BCUT2D eigenvalue weighted by atomic mass is 9.93. The minimum atomic E-state index is 0.271. The van der Waals surface area contributed by atoms with Gasteiger partial charge < -0.3 is 4.74 Å². The van der Waals surface area contributed by atoms with E-state index in [1.807, 2.05) is 12.1 Å². The molecule has 0 N–H and O–H groups in total. The van der Waals surface area contributed by atoms with Crippen molar-refractivity contribution in [1.29, 1.82) is 0 Å². The molecule has 0 radical (unpaired) electrons. The number of fused-ring (bicyclic) bond motifs is 2. The maximum absolute atomic E-state index is 11.9. The number of para-hydroxylation sites is 1. The number of carbonyl (C=O) groups is 1. The second-order valence-corrected chi connectivity index (χ2v) is 5.50. The molecule has 0 atom stereocenters. The van der Waals surface area contributed by atoms with Gasteiger partial charge in [-0.05, 0) is 36.0 Å². The van der Waals surface area contributed by atoms with E-state index in [0.29, 0.717) is 6.42 Å². The van der Waals surface area contributed by atoms with Gasteiger partial charge in [-0.3, -0.25) is 4.79 Å². The number of rotatable bonds is 1. The zero-order valence-corrected chi connectivity index (χ0v) is 11.3. The normalized spacial score (nSPS) is 16.5. The summed E-state index contributed by atoms with van der Waals surface area (Å²) in [4.78, 5) is 11.9. The first kappa shape index (κ1) is 11.7. The Morgan fingerprint density at radius 2 is 1.65 bits per heavy atom. The van der Waals surface area contributed by atoms with E-state index in [9.17, 15) is 4.79 Å². The highest BCUT2D eigenvalue weighted by Gasteiger charge is 2.24. The highest BCUT2D eigenvalue weighted by atomic mass is 16.5. The molecule has 100 valence electrons. The van der Waals surface area contributed by atoms with Crippen molar-refractivity contribution < 1.29 is 9.53 Å². The van der Waals surface area contributed by atoms with Crippen LogP contribution in [0.15, 0.2) is 36.4 Å². The average Bonchev–Trinajstić information content (AvgIpc) is 2.88. The Bertz CT molecular complexity index is 701. The molecular formula is C18H16O2. The minimum absolute atomic E-state index is 0.271. The minimum Gasteiger partial charge on any atom is -0.493 e. The molecule has 1 aliphatic carbocycles. The van der Waals surface area contributed by atoms with Gasteiger partial charge in [0.05, 0.1) is 6.61 Å². The topological polar surface area (TPSA) is 26.3 Å². The van der Waals surface area contributed by atoms with E-state index in [4.69, 9.17) is 4.74 Å². The van der Waals surface area contributed by atoms with Crippen molar-refractivity contribution in [2.45, 2.75) is 25.7 Å². The summed E-state index contributed by atoms with van der Waals surface area (Å²) in [6, 6.07) is 12.4. The Morgan fingerprint density at radius 3 is 2.60 bits per heavy atom. The SMILES string of the molecule is O=C1CCc2c1cccc2-c1cccc2c1OCCC2. The summed E-state index contributed by atoms with van der Waals surface area (Å²) in [6.45, 7) is 0.790. The Hall–Kier alpha value is -2.09. The van der Waals surface area contributed by atoms with Crippen LogP contribution in [-0.2, 0) is 12.8 Å². The van der Waals surface area contributed by atoms with Crippen molar-refractivity contribution in [3.05, 3.63) is 53.1 Å². The smallest absolute Gasteiger partial charge is 0.163 e. The molecule has 4 rings (SSSR count). The van der Waals surface area contributed by atoms with E-state index in [1.165, 1.54) is 16.7 Å². The molecule has 0 unspecified atom stereocenters. The zero-order valence-electron chi connectivity index (χ0n) is 11.3. The van der Waals surface area contributed by atoms with Crippen LogP contribution < -0.4 is 4.74 Å². The van der Waals surface area contributed by atoms with E-state index >= 15 is 0 Å². The van der Waals surface area contributed by atoms with Crippen molar-refractivity contribution in [2.75, 3.05) is 6.61 Å². The van der Waals surface area contributed by atoms with E-state index in [1.54, 1.807) is 0 Å². The van der Waals surface area contributed by atoms with Gasteiger partial charge >= 0.3 is 0 Å². The summed E-state index contributed by atoms with van der Waals surface area (Å²) >= 11 is 0. The quantitative estimate of drug-likeness (QED) is 0.783. The fourth-order valence-electron chi connectivity index (χ4n) is 3.34. The molecule has 0 bridgehead atoms. The van der Waals surface area contributed by atoms with Gasteiger partial charge in [0.1, 0.15) is 5.75 Å². The van der Waals surface area contributed by atoms with Crippen molar-refractivity contribution in [3.8, 4) is 16.9 Å². The summed E-state index contributed by atoms with van der Waals surface area (Å²) in [5.41, 5.74) is 5.70. The number of hydrogen-bond donors (Lipinski definition) is 0. The van der Waals surface area contributed by atoms with Crippen LogP contribution in [0.5, 0.6) is 5.75 Å². The average molecular weight is 264 g/mol. The van der Waals surface area contributed by atoms with Crippen LogP contribution >= 0.6 is 0 Å². The van der Waals surface area contributed by atoms with Gasteiger partial charge in [0.25, 0.3) is 0 Å². The van der Waals surface area contributed by atoms with Crippen LogP contribution in [0.25, 0.3) is 11.1 Å². The maximum atomic E-state index is 11.9. The Morgan fingerprint density at radius 1 is 0.850 bits per heavy atom. The first-order chi connectivity index (χ1) is 9.84. The molecule has 0 saturated heterocycles. The summed E-state index contributed by atoms with van der Waals surface area (Å²) in [5, 5.41) is 0. The first-order valence-electron chi connectivity index (χ1n) is 7.25. The highest BCUT2D eigenvalue weighted by molar-refractivity contribution is 6.02. The molecule has 2 heteroatoms. The molecule has 2 nitrogen and oxygen atoms in total. The summed E-state index contributed by atoms with van der Waals surface area (Å²) < 4.78 is 5.91. The zero-order chi connectivity index (χ0) is 13.5. The molecule has 2 aliphatic rings. The molecule has 0 amide bonds. The van der Waals surface area contributed by atoms with Gasteiger partial charge in [-0.1, -0.05) is 36.4 Å². The largest absolute Gasteiger partial charge is 0.493 e. The third-order valence-electron chi connectivity index (χ3n) is 4.30. The van der Waals surface area contributed by atoms with E-state index < -0.39 is 0 Å². The van der Waals surface area contributed by atoms with Crippen molar-refractivity contribution in [1.82, 2.24) is 0 Å². The Labute approximate surface area is 118 Å². The number of carbonyl (C=O) groups excluding carboxylic acids is 1. The van der Waals surface area contributed by atoms with Crippen molar-refractivity contribution in [2.24, 2.45) is 0 Å². The predicted molar refractivity (Wildman–Crippen MR) is 78.3 cm³/mol. The van der Waals surface area contributed by atoms with Crippen molar-refractivity contribution >= 4 is 5.78 Å². The van der Waals surface area contributed by atoms with E-state index in [2.05, 4.69) is 24.3 Å². The Kier molecular flexibility index (Phi) is 2.62. The molecule has 2 aromatic carbocycles. The summed E-state index contributed by atoms with van der Waals surface area (Å²) in [6.07, 6.45) is 3.66.